The van der Waals surface area contributed by atoms with Crippen molar-refractivity contribution in [2.75, 3.05) is 5.32 Å². The number of halogens is 1. The van der Waals surface area contributed by atoms with Gasteiger partial charge in [-0.2, -0.15) is 5.10 Å². The van der Waals surface area contributed by atoms with Crippen molar-refractivity contribution < 1.29 is 9.18 Å². The molecule has 0 bridgehead atoms. The summed E-state index contributed by atoms with van der Waals surface area (Å²) in [6, 6.07) is 5.62. The summed E-state index contributed by atoms with van der Waals surface area (Å²) in [6.07, 6.45) is 7.99. The Kier molecular flexibility index (Phi) is 5.30. The van der Waals surface area contributed by atoms with Crippen LogP contribution in [0.2, 0.25) is 0 Å². The fourth-order valence-corrected chi connectivity index (χ4v) is 4.70. The van der Waals surface area contributed by atoms with E-state index in [1.807, 2.05) is 38.3 Å². The van der Waals surface area contributed by atoms with E-state index in [0.717, 1.165) is 21.5 Å². The molecule has 0 radical (unpaired) electrons. The van der Waals surface area contributed by atoms with Gasteiger partial charge in [0.1, 0.15) is 16.9 Å². The van der Waals surface area contributed by atoms with Gasteiger partial charge in [0.25, 0.3) is 0 Å². The number of fused-ring (bicyclic) bond motifs is 2. The molecule has 0 saturated carbocycles. The summed E-state index contributed by atoms with van der Waals surface area (Å²) < 4.78 is 16.0. The molecule has 6 aromatic heterocycles. The zero-order chi connectivity index (χ0) is 25.7. The number of hydrogen-bond acceptors (Lipinski definition) is 7. The SMILES string of the molecule is CC(C)(C)C(=O)Nc1cncc(-c2ncc3[nH]nc(-c4nc5c(-c6cccs6)cncc5[nH]4)c3c2F)c1. The zero-order valence-electron chi connectivity index (χ0n) is 20.1. The smallest absolute Gasteiger partial charge is 0.229 e. The van der Waals surface area contributed by atoms with Crippen LogP contribution in [0.4, 0.5) is 10.1 Å². The van der Waals surface area contributed by atoms with Crippen LogP contribution < -0.4 is 5.32 Å². The number of nitrogens with one attached hydrogen (secondary N) is 3. The predicted molar refractivity (Wildman–Crippen MR) is 141 cm³/mol. The van der Waals surface area contributed by atoms with Gasteiger partial charge in [-0.15, -0.1) is 11.3 Å². The van der Waals surface area contributed by atoms with Gasteiger partial charge in [0, 0.05) is 33.8 Å². The average Bonchev–Trinajstić information content (AvgIpc) is 3.63. The van der Waals surface area contributed by atoms with Crippen molar-refractivity contribution in [1.29, 1.82) is 0 Å². The molecule has 0 spiro atoms. The number of hydrogen-bond donors (Lipinski definition) is 3. The molecule has 0 aliphatic carbocycles. The first-order valence-electron chi connectivity index (χ1n) is 11.5. The Labute approximate surface area is 214 Å². The zero-order valence-corrected chi connectivity index (χ0v) is 20.9. The van der Waals surface area contributed by atoms with E-state index in [4.69, 9.17) is 4.98 Å². The lowest BCUT2D eigenvalue weighted by molar-refractivity contribution is -0.123. The van der Waals surface area contributed by atoms with Crippen molar-refractivity contribution in [3.63, 3.8) is 0 Å². The number of anilines is 1. The number of amides is 1. The summed E-state index contributed by atoms with van der Waals surface area (Å²) in [5.41, 5.74) is 3.47. The van der Waals surface area contributed by atoms with Crippen LogP contribution >= 0.6 is 11.3 Å². The molecule has 6 aromatic rings. The number of nitrogens with zero attached hydrogens (tertiary/aromatic N) is 5. The molecule has 11 heteroatoms. The number of rotatable bonds is 4. The summed E-state index contributed by atoms with van der Waals surface area (Å²) in [6.45, 7) is 5.44. The monoisotopic (exact) mass is 512 g/mol. The fraction of sp³-hybridized carbons (Fsp3) is 0.154. The Morgan fingerprint density at radius 3 is 2.68 bits per heavy atom. The van der Waals surface area contributed by atoms with Crippen molar-refractivity contribution in [3.05, 3.63) is 60.4 Å². The van der Waals surface area contributed by atoms with Crippen molar-refractivity contribution in [1.82, 2.24) is 35.1 Å². The van der Waals surface area contributed by atoms with E-state index in [2.05, 4.69) is 35.5 Å². The number of aromatic nitrogens is 7. The number of carbonyl (C=O) groups is 1. The lowest BCUT2D eigenvalue weighted by Crippen LogP contribution is -2.27. The van der Waals surface area contributed by atoms with Crippen molar-refractivity contribution in [3.8, 4) is 33.2 Å². The number of carbonyl (C=O) groups excluding carboxylic acids is 1. The fourth-order valence-electron chi connectivity index (χ4n) is 3.96. The van der Waals surface area contributed by atoms with Gasteiger partial charge < -0.3 is 10.3 Å². The molecule has 6 rings (SSSR count). The third kappa shape index (κ3) is 4.02. The first-order chi connectivity index (χ1) is 17.8. The van der Waals surface area contributed by atoms with Gasteiger partial charge in [-0.05, 0) is 17.5 Å². The van der Waals surface area contributed by atoms with Crippen molar-refractivity contribution in [2.24, 2.45) is 5.41 Å². The number of imidazole rings is 1. The molecule has 6 heterocycles. The van der Waals surface area contributed by atoms with E-state index in [9.17, 15) is 4.79 Å². The largest absolute Gasteiger partial charge is 0.335 e. The van der Waals surface area contributed by atoms with E-state index < -0.39 is 11.2 Å². The minimum atomic E-state index is -0.588. The molecule has 0 saturated heterocycles. The number of pyridine rings is 3. The quantitative estimate of drug-likeness (QED) is 0.274. The molecule has 0 unspecified atom stereocenters. The molecule has 1 amide bonds. The lowest BCUT2D eigenvalue weighted by Gasteiger charge is -2.17. The first-order valence-corrected chi connectivity index (χ1v) is 12.3. The van der Waals surface area contributed by atoms with Crippen molar-refractivity contribution in [2.45, 2.75) is 20.8 Å². The van der Waals surface area contributed by atoms with Gasteiger partial charge in [0.2, 0.25) is 5.91 Å². The topological polar surface area (TPSA) is 125 Å². The summed E-state index contributed by atoms with van der Waals surface area (Å²) in [4.78, 5) is 34.2. The van der Waals surface area contributed by atoms with E-state index in [-0.39, 0.29) is 17.0 Å². The summed E-state index contributed by atoms with van der Waals surface area (Å²) >= 11 is 1.59. The van der Waals surface area contributed by atoms with Gasteiger partial charge in [-0.25, -0.2) is 9.37 Å². The van der Waals surface area contributed by atoms with Gasteiger partial charge in [0.05, 0.1) is 40.7 Å². The molecular formula is C26H21FN8OS. The maximum absolute atomic E-state index is 16.0. The van der Waals surface area contributed by atoms with Crippen molar-refractivity contribution >= 4 is 44.9 Å². The Balaban J connectivity index is 1.44. The number of H-pyrrole nitrogens is 2. The van der Waals surface area contributed by atoms with Crippen LogP contribution in [0.15, 0.2) is 54.6 Å². The van der Waals surface area contributed by atoms with E-state index in [1.165, 1.54) is 18.6 Å². The van der Waals surface area contributed by atoms with Crippen LogP contribution in [0.5, 0.6) is 0 Å². The molecule has 0 aliphatic heterocycles. The highest BCUT2D eigenvalue weighted by Crippen LogP contribution is 2.35. The average molecular weight is 513 g/mol. The van der Waals surface area contributed by atoms with Gasteiger partial charge in [-0.1, -0.05) is 26.8 Å². The summed E-state index contributed by atoms with van der Waals surface area (Å²) in [7, 11) is 0. The second-order valence-corrected chi connectivity index (χ2v) is 10.5. The van der Waals surface area contributed by atoms with Crippen LogP contribution in [0.25, 0.3) is 55.2 Å². The minimum Gasteiger partial charge on any atom is -0.335 e. The lowest BCUT2D eigenvalue weighted by atomic mass is 9.95. The van der Waals surface area contributed by atoms with Crippen LogP contribution in [-0.2, 0) is 4.79 Å². The highest BCUT2D eigenvalue weighted by molar-refractivity contribution is 7.13. The maximum Gasteiger partial charge on any atom is 0.229 e. The second-order valence-electron chi connectivity index (χ2n) is 9.59. The molecule has 37 heavy (non-hydrogen) atoms. The Hall–Kier alpha value is -4.51. The Morgan fingerprint density at radius 2 is 1.89 bits per heavy atom. The molecule has 0 fully saturated rings. The molecule has 0 atom stereocenters. The van der Waals surface area contributed by atoms with Crippen LogP contribution in [0.1, 0.15) is 20.8 Å². The normalized spacial score (nSPS) is 11.9. The molecular weight excluding hydrogens is 491 g/mol. The minimum absolute atomic E-state index is 0.0894. The number of thiophene rings is 1. The Bertz CT molecular complexity index is 1780. The number of aromatic amines is 2. The van der Waals surface area contributed by atoms with Crippen LogP contribution in [0, 0.1) is 11.2 Å². The summed E-state index contributed by atoms with van der Waals surface area (Å²) in [5.74, 6) is -0.333. The van der Waals surface area contributed by atoms with E-state index >= 15 is 4.39 Å². The molecule has 9 nitrogen and oxygen atoms in total. The van der Waals surface area contributed by atoms with Crippen LogP contribution in [0.3, 0.4) is 0 Å². The summed E-state index contributed by atoms with van der Waals surface area (Å²) in [5, 5.41) is 12.3. The standard InChI is InChI=1S/C26H21FN8OS/c1-26(2,3)25(36)31-14-7-13(8-28-9-14)21-20(27)19-16(12-30-21)34-35-23(19)24-32-17-11-29-10-15(22(17)33-24)18-5-4-6-37-18/h4-12H,1-3H3,(H,31,36)(H,32,33)(H,34,35). The molecule has 184 valence electrons. The second kappa shape index (κ2) is 8.56. The maximum atomic E-state index is 16.0. The van der Waals surface area contributed by atoms with Gasteiger partial charge >= 0.3 is 0 Å². The third-order valence-electron chi connectivity index (χ3n) is 5.90. The van der Waals surface area contributed by atoms with E-state index in [1.54, 1.807) is 29.8 Å². The predicted octanol–water partition coefficient (Wildman–Crippen LogP) is 5.81. The van der Waals surface area contributed by atoms with E-state index in [0.29, 0.717) is 28.3 Å². The van der Waals surface area contributed by atoms with Gasteiger partial charge in [0.15, 0.2) is 11.6 Å². The first kappa shape index (κ1) is 22.9. The highest BCUT2D eigenvalue weighted by Gasteiger charge is 2.23. The highest BCUT2D eigenvalue weighted by atomic mass is 32.1. The Morgan fingerprint density at radius 1 is 1.05 bits per heavy atom. The third-order valence-corrected chi connectivity index (χ3v) is 6.80. The van der Waals surface area contributed by atoms with Gasteiger partial charge in [-0.3, -0.25) is 24.8 Å². The van der Waals surface area contributed by atoms with Crippen LogP contribution in [-0.4, -0.2) is 41.0 Å². The molecule has 3 N–H and O–H groups in total. The molecule has 0 aromatic carbocycles. The molecule has 0 aliphatic rings.